The van der Waals surface area contributed by atoms with Crippen molar-refractivity contribution in [1.29, 1.82) is 0 Å². The van der Waals surface area contributed by atoms with Crippen LogP contribution < -0.4 is 5.73 Å². The van der Waals surface area contributed by atoms with Crippen LogP contribution in [-0.2, 0) is 9.53 Å². The number of ether oxygens (including phenoxy) is 1. The Morgan fingerprint density at radius 2 is 2.10 bits per heavy atom. The first kappa shape index (κ1) is 14.6. The molecule has 2 atom stereocenters. The van der Waals surface area contributed by atoms with Crippen molar-refractivity contribution in [1.82, 2.24) is 0 Å². The molecule has 3 heteroatoms. The first-order valence-corrected chi connectivity index (χ1v) is 8.10. The molecule has 1 saturated carbocycles. The number of nitrogens with two attached hydrogens (primary N) is 1. The number of ketones is 1. The Balaban J connectivity index is 1.59. The molecule has 0 amide bonds. The molecule has 1 heterocycles. The molecule has 0 aromatic heterocycles. The molecule has 0 bridgehead atoms. The van der Waals surface area contributed by atoms with Gasteiger partial charge in [0.05, 0.1) is 5.60 Å². The molecule has 1 aliphatic carbocycles. The van der Waals surface area contributed by atoms with Crippen molar-refractivity contribution in [2.45, 2.75) is 57.0 Å². The minimum absolute atomic E-state index is 0.0585. The Hall–Kier alpha value is -1.35. The highest BCUT2D eigenvalue weighted by Gasteiger charge is 2.44. The zero-order chi connectivity index (χ0) is 14.9. The van der Waals surface area contributed by atoms with E-state index in [1.807, 2.05) is 24.3 Å². The fourth-order valence-electron chi connectivity index (χ4n) is 3.63. The van der Waals surface area contributed by atoms with Gasteiger partial charge in [0.2, 0.25) is 0 Å². The summed E-state index contributed by atoms with van der Waals surface area (Å²) < 4.78 is 5.92. The Kier molecular flexibility index (Phi) is 4.03. The molecule has 21 heavy (non-hydrogen) atoms. The molecule has 1 aromatic rings. The summed E-state index contributed by atoms with van der Waals surface area (Å²) >= 11 is 0. The lowest BCUT2D eigenvalue weighted by Gasteiger charge is -2.47. The Morgan fingerprint density at radius 1 is 1.38 bits per heavy atom. The summed E-state index contributed by atoms with van der Waals surface area (Å²) in [4.78, 5) is 12.6. The van der Waals surface area contributed by atoms with Gasteiger partial charge >= 0.3 is 0 Å². The topological polar surface area (TPSA) is 52.3 Å². The molecule has 1 spiro atoms. The number of hydrogen-bond acceptors (Lipinski definition) is 3. The van der Waals surface area contributed by atoms with Crippen LogP contribution in [0.1, 0.15) is 56.9 Å². The molecule has 3 rings (SSSR count). The zero-order valence-electron chi connectivity index (χ0n) is 12.8. The molecule has 1 aliphatic heterocycles. The molecule has 1 aromatic carbocycles. The lowest BCUT2D eigenvalue weighted by atomic mass is 9.70. The number of anilines is 1. The van der Waals surface area contributed by atoms with E-state index in [0.717, 1.165) is 38.0 Å². The van der Waals surface area contributed by atoms with Crippen LogP contribution in [-0.4, -0.2) is 18.0 Å². The van der Waals surface area contributed by atoms with Crippen LogP contribution in [0.5, 0.6) is 0 Å². The van der Waals surface area contributed by atoms with E-state index in [1.165, 1.54) is 12.0 Å². The van der Waals surface area contributed by atoms with Crippen LogP contribution in [0.2, 0.25) is 0 Å². The number of carbonyl (C=O) groups is 1. The molecule has 2 aliphatic rings. The normalized spacial score (nSPS) is 25.3. The first-order valence-electron chi connectivity index (χ1n) is 8.10. The van der Waals surface area contributed by atoms with E-state index in [1.54, 1.807) is 0 Å². The summed E-state index contributed by atoms with van der Waals surface area (Å²) in [6.07, 6.45) is 6.01. The molecule has 2 unspecified atom stereocenters. The molecule has 1 saturated heterocycles. The predicted octanol–water partition coefficient (Wildman–Crippen LogP) is 3.68. The number of rotatable bonds is 4. The van der Waals surface area contributed by atoms with Gasteiger partial charge in [0.15, 0.2) is 0 Å². The summed E-state index contributed by atoms with van der Waals surface area (Å²) in [6, 6.07) is 7.89. The maximum atomic E-state index is 12.6. The van der Waals surface area contributed by atoms with Gasteiger partial charge in [-0.05, 0) is 55.7 Å². The second kappa shape index (κ2) is 5.80. The molecule has 2 fully saturated rings. The lowest BCUT2D eigenvalue weighted by Crippen LogP contribution is -2.47. The van der Waals surface area contributed by atoms with Gasteiger partial charge in [-0.1, -0.05) is 19.1 Å². The van der Waals surface area contributed by atoms with Crippen molar-refractivity contribution in [3.8, 4) is 0 Å². The minimum Gasteiger partial charge on any atom is -0.399 e. The first-order chi connectivity index (χ1) is 10.1. The van der Waals surface area contributed by atoms with Crippen molar-refractivity contribution >= 4 is 11.5 Å². The lowest BCUT2D eigenvalue weighted by molar-refractivity contribution is -0.155. The van der Waals surface area contributed by atoms with Crippen molar-refractivity contribution < 1.29 is 9.53 Å². The van der Waals surface area contributed by atoms with Crippen LogP contribution in [0.3, 0.4) is 0 Å². The minimum atomic E-state index is 0.0585. The van der Waals surface area contributed by atoms with Gasteiger partial charge in [0.1, 0.15) is 5.78 Å². The fraction of sp³-hybridized carbons (Fsp3) is 0.611. The van der Waals surface area contributed by atoms with Crippen LogP contribution in [0.15, 0.2) is 24.3 Å². The summed E-state index contributed by atoms with van der Waals surface area (Å²) in [6.45, 7) is 2.88. The van der Waals surface area contributed by atoms with E-state index < -0.39 is 0 Å². The van der Waals surface area contributed by atoms with Gasteiger partial charge in [-0.25, -0.2) is 0 Å². The zero-order valence-corrected chi connectivity index (χ0v) is 12.8. The summed E-state index contributed by atoms with van der Waals surface area (Å²) in [5, 5.41) is 0. The van der Waals surface area contributed by atoms with Gasteiger partial charge in [0, 0.05) is 24.6 Å². The number of Topliss-reactive ketones (excluding diaryl/α,β-unsaturated/α-hetero) is 1. The van der Waals surface area contributed by atoms with Crippen LogP contribution in [0.25, 0.3) is 0 Å². The van der Waals surface area contributed by atoms with E-state index in [9.17, 15) is 4.79 Å². The van der Waals surface area contributed by atoms with Crippen LogP contribution in [0.4, 0.5) is 5.69 Å². The van der Waals surface area contributed by atoms with Crippen molar-refractivity contribution in [2.24, 2.45) is 5.92 Å². The third kappa shape index (κ3) is 3.13. The second-order valence-electron chi connectivity index (χ2n) is 6.81. The van der Waals surface area contributed by atoms with Gasteiger partial charge in [-0.15, -0.1) is 0 Å². The van der Waals surface area contributed by atoms with E-state index in [-0.39, 0.29) is 17.4 Å². The summed E-state index contributed by atoms with van der Waals surface area (Å²) in [5.41, 5.74) is 7.74. The molecular formula is C18H25NO2. The van der Waals surface area contributed by atoms with E-state index in [0.29, 0.717) is 12.2 Å². The molecule has 2 N–H and O–H groups in total. The van der Waals surface area contributed by atoms with Crippen molar-refractivity contribution in [3.63, 3.8) is 0 Å². The standard InChI is InChI=1S/C18H25NO2/c1-13(14-3-5-16(19)6-4-14)11-17(20)15-7-10-21-18(12-15)8-2-9-18/h3-6,13,15H,2,7-12,19H2,1H3. The second-order valence-corrected chi connectivity index (χ2v) is 6.81. The van der Waals surface area contributed by atoms with Crippen LogP contribution in [0, 0.1) is 5.92 Å². The maximum absolute atomic E-state index is 12.6. The van der Waals surface area contributed by atoms with E-state index >= 15 is 0 Å². The quantitative estimate of drug-likeness (QED) is 0.859. The molecule has 114 valence electrons. The number of nitrogen functional groups attached to an aromatic ring is 1. The third-order valence-corrected chi connectivity index (χ3v) is 5.23. The van der Waals surface area contributed by atoms with Crippen molar-refractivity contribution in [3.05, 3.63) is 29.8 Å². The van der Waals surface area contributed by atoms with Gasteiger partial charge in [0.25, 0.3) is 0 Å². The Morgan fingerprint density at radius 3 is 2.71 bits per heavy atom. The van der Waals surface area contributed by atoms with Crippen molar-refractivity contribution in [2.75, 3.05) is 12.3 Å². The van der Waals surface area contributed by atoms with E-state index in [4.69, 9.17) is 10.5 Å². The molecule has 0 radical (unpaired) electrons. The van der Waals surface area contributed by atoms with E-state index in [2.05, 4.69) is 6.92 Å². The highest BCUT2D eigenvalue weighted by atomic mass is 16.5. The molecular weight excluding hydrogens is 262 g/mol. The average molecular weight is 287 g/mol. The third-order valence-electron chi connectivity index (χ3n) is 5.23. The smallest absolute Gasteiger partial charge is 0.136 e. The number of carbonyl (C=O) groups excluding carboxylic acids is 1. The molecule has 3 nitrogen and oxygen atoms in total. The van der Waals surface area contributed by atoms with Gasteiger partial charge in [-0.2, -0.15) is 0 Å². The largest absolute Gasteiger partial charge is 0.399 e. The number of hydrogen-bond donors (Lipinski definition) is 1. The summed E-state index contributed by atoms with van der Waals surface area (Å²) in [5.74, 6) is 0.877. The average Bonchev–Trinajstić information content (AvgIpc) is 2.46. The highest BCUT2D eigenvalue weighted by Crippen LogP contribution is 2.44. The summed E-state index contributed by atoms with van der Waals surface area (Å²) in [7, 11) is 0. The van der Waals surface area contributed by atoms with Crippen LogP contribution >= 0.6 is 0 Å². The predicted molar refractivity (Wildman–Crippen MR) is 84.2 cm³/mol. The van der Waals surface area contributed by atoms with Gasteiger partial charge < -0.3 is 10.5 Å². The highest BCUT2D eigenvalue weighted by molar-refractivity contribution is 5.82. The maximum Gasteiger partial charge on any atom is 0.136 e. The Bertz CT molecular complexity index is 504. The SMILES string of the molecule is CC(CC(=O)C1CCOC2(CCC2)C1)c1ccc(N)cc1. The number of benzene rings is 1. The monoisotopic (exact) mass is 287 g/mol. The Labute approximate surface area is 126 Å². The van der Waals surface area contributed by atoms with Gasteiger partial charge in [-0.3, -0.25) is 4.79 Å². The fourth-order valence-corrected chi connectivity index (χ4v) is 3.63.